The molecule has 0 saturated heterocycles. The van der Waals surface area contributed by atoms with Gasteiger partial charge in [0, 0.05) is 18.4 Å². The lowest BCUT2D eigenvalue weighted by atomic mass is 9.99. The third kappa shape index (κ3) is 3.24. The number of rotatable bonds is 7. The minimum absolute atomic E-state index is 0.0550. The SMILES string of the molecule is COc1ccccc1Cc1cocc1CC(=O)C(=O)c1ncn[nH]1. The van der Waals surface area contributed by atoms with E-state index in [1.165, 1.54) is 12.6 Å². The fourth-order valence-electron chi connectivity index (χ4n) is 2.41. The zero-order valence-corrected chi connectivity index (χ0v) is 13.0. The lowest BCUT2D eigenvalue weighted by Crippen LogP contribution is -2.18. The lowest BCUT2D eigenvalue weighted by molar-refractivity contribution is -0.114. The molecule has 0 amide bonds. The van der Waals surface area contributed by atoms with Gasteiger partial charge in [-0.1, -0.05) is 18.2 Å². The van der Waals surface area contributed by atoms with Crippen LogP contribution in [-0.2, 0) is 17.6 Å². The summed E-state index contributed by atoms with van der Waals surface area (Å²) in [4.78, 5) is 27.8. The number of aromatic nitrogens is 3. The van der Waals surface area contributed by atoms with Crippen molar-refractivity contribution in [1.29, 1.82) is 0 Å². The number of methoxy groups -OCH3 is 1. The van der Waals surface area contributed by atoms with E-state index < -0.39 is 11.6 Å². The normalized spacial score (nSPS) is 10.5. The first-order valence-electron chi connectivity index (χ1n) is 7.27. The molecule has 0 fully saturated rings. The smallest absolute Gasteiger partial charge is 0.265 e. The molecule has 0 bridgehead atoms. The summed E-state index contributed by atoms with van der Waals surface area (Å²) in [5, 5.41) is 5.97. The maximum Gasteiger partial charge on any atom is 0.265 e. The number of aromatic amines is 1. The average molecular weight is 325 g/mol. The minimum Gasteiger partial charge on any atom is -0.496 e. The number of ketones is 2. The highest BCUT2D eigenvalue weighted by Crippen LogP contribution is 2.23. The number of ether oxygens (including phenoxy) is 1. The van der Waals surface area contributed by atoms with E-state index in [1.807, 2.05) is 24.3 Å². The van der Waals surface area contributed by atoms with E-state index in [-0.39, 0.29) is 12.2 Å². The maximum absolute atomic E-state index is 12.1. The number of Topliss-reactive ketones (excluding diaryl/α,β-unsaturated/α-hetero) is 2. The minimum atomic E-state index is -0.697. The summed E-state index contributed by atoms with van der Waals surface area (Å²) in [6, 6.07) is 7.61. The first-order valence-corrected chi connectivity index (χ1v) is 7.27. The van der Waals surface area contributed by atoms with Crippen molar-refractivity contribution in [3.05, 3.63) is 65.6 Å². The molecule has 3 rings (SSSR count). The van der Waals surface area contributed by atoms with E-state index in [9.17, 15) is 9.59 Å². The van der Waals surface area contributed by atoms with Crippen LogP contribution in [0.15, 0.2) is 47.5 Å². The van der Waals surface area contributed by atoms with E-state index in [4.69, 9.17) is 9.15 Å². The molecule has 1 N–H and O–H groups in total. The van der Waals surface area contributed by atoms with Crippen molar-refractivity contribution in [2.24, 2.45) is 0 Å². The summed E-state index contributed by atoms with van der Waals surface area (Å²) in [6.07, 6.45) is 4.73. The molecule has 0 aliphatic rings. The van der Waals surface area contributed by atoms with E-state index >= 15 is 0 Å². The number of carbonyl (C=O) groups excluding carboxylic acids is 2. The number of hydrogen-bond acceptors (Lipinski definition) is 6. The van der Waals surface area contributed by atoms with Crippen LogP contribution in [0.5, 0.6) is 5.75 Å². The van der Waals surface area contributed by atoms with Crippen LogP contribution in [0.2, 0.25) is 0 Å². The van der Waals surface area contributed by atoms with Crippen molar-refractivity contribution < 1.29 is 18.7 Å². The summed E-state index contributed by atoms with van der Waals surface area (Å²) >= 11 is 0. The highest BCUT2D eigenvalue weighted by Gasteiger charge is 2.21. The van der Waals surface area contributed by atoms with Gasteiger partial charge in [0.2, 0.25) is 5.78 Å². The van der Waals surface area contributed by atoms with Crippen molar-refractivity contribution in [3.8, 4) is 5.75 Å². The number of hydrogen-bond donors (Lipinski definition) is 1. The second-order valence-corrected chi connectivity index (χ2v) is 5.17. The van der Waals surface area contributed by atoms with Gasteiger partial charge >= 0.3 is 0 Å². The Morgan fingerprint density at radius 3 is 2.71 bits per heavy atom. The molecule has 24 heavy (non-hydrogen) atoms. The van der Waals surface area contributed by atoms with Crippen LogP contribution >= 0.6 is 0 Å². The van der Waals surface area contributed by atoms with Gasteiger partial charge < -0.3 is 9.15 Å². The molecule has 0 aliphatic heterocycles. The molecule has 0 radical (unpaired) electrons. The molecule has 7 nitrogen and oxygen atoms in total. The van der Waals surface area contributed by atoms with E-state index in [1.54, 1.807) is 13.4 Å². The largest absolute Gasteiger partial charge is 0.496 e. The number of para-hydroxylation sites is 1. The zero-order valence-electron chi connectivity index (χ0n) is 13.0. The summed E-state index contributed by atoms with van der Waals surface area (Å²) in [5.41, 5.74) is 2.47. The fraction of sp³-hybridized carbons (Fsp3) is 0.176. The van der Waals surface area contributed by atoms with Crippen LogP contribution in [0.1, 0.15) is 27.3 Å². The number of carbonyl (C=O) groups is 2. The van der Waals surface area contributed by atoms with Crippen LogP contribution in [0.4, 0.5) is 0 Å². The molecule has 1 aromatic carbocycles. The summed E-state index contributed by atoms with van der Waals surface area (Å²) in [6.45, 7) is 0. The molecule has 0 saturated carbocycles. The standard InChI is InChI=1S/C17H15N3O4/c1-23-15-5-3-2-4-11(15)6-12-8-24-9-13(12)7-14(21)16(22)17-18-10-19-20-17/h2-5,8-10H,6-7H2,1H3,(H,18,19,20). The molecule has 0 aliphatic carbocycles. The van der Waals surface area contributed by atoms with Crippen molar-refractivity contribution in [2.45, 2.75) is 12.8 Å². The second kappa shape index (κ2) is 6.91. The van der Waals surface area contributed by atoms with Crippen LogP contribution in [-0.4, -0.2) is 33.9 Å². The molecule has 122 valence electrons. The van der Waals surface area contributed by atoms with Crippen molar-refractivity contribution in [1.82, 2.24) is 15.2 Å². The van der Waals surface area contributed by atoms with E-state index in [0.29, 0.717) is 12.0 Å². The maximum atomic E-state index is 12.1. The van der Waals surface area contributed by atoms with Crippen LogP contribution in [0, 0.1) is 0 Å². The van der Waals surface area contributed by atoms with E-state index in [0.717, 1.165) is 16.9 Å². The van der Waals surface area contributed by atoms with Crippen molar-refractivity contribution in [3.63, 3.8) is 0 Å². The lowest BCUT2D eigenvalue weighted by Gasteiger charge is -2.08. The fourth-order valence-corrected chi connectivity index (χ4v) is 2.41. The quantitative estimate of drug-likeness (QED) is 0.527. The number of nitrogens with zero attached hydrogens (tertiary/aromatic N) is 2. The van der Waals surface area contributed by atoms with Gasteiger partial charge in [0.1, 0.15) is 12.1 Å². The van der Waals surface area contributed by atoms with Gasteiger partial charge in [-0.2, -0.15) is 5.10 Å². The molecule has 0 atom stereocenters. The van der Waals surface area contributed by atoms with Crippen LogP contribution in [0.3, 0.4) is 0 Å². The Bertz CT molecular complexity index is 852. The van der Waals surface area contributed by atoms with Gasteiger partial charge in [0.25, 0.3) is 5.78 Å². The first kappa shape index (κ1) is 15.7. The van der Waals surface area contributed by atoms with Gasteiger partial charge in [0.15, 0.2) is 5.82 Å². The van der Waals surface area contributed by atoms with E-state index in [2.05, 4.69) is 15.2 Å². The summed E-state index contributed by atoms with van der Waals surface area (Å²) in [5.74, 6) is -0.574. The third-order valence-electron chi connectivity index (χ3n) is 3.64. The molecule has 0 unspecified atom stereocenters. The number of furan rings is 1. The van der Waals surface area contributed by atoms with Gasteiger partial charge in [-0.15, -0.1) is 0 Å². The third-order valence-corrected chi connectivity index (χ3v) is 3.64. The number of nitrogens with one attached hydrogen (secondary N) is 1. The first-order chi connectivity index (χ1) is 11.7. The Labute approximate surface area is 137 Å². The predicted octanol–water partition coefficient (Wildman–Crippen LogP) is 1.99. The number of H-pyrrole nitrogens is 1. The highest BCUT2D eigenvalue weighted by molar-refractivity contribution is 6.43. The Kier molecular flexibility index (Phi) is 4.51. The highest BCUT2D eigenvalue weighted by atomic mass is 16.5. The monoisotopic (exact) mass is 325 g/mol. The van der Waals surface area contributed by atoms with Gasteiger partial charge in [-0.25, -0.2) is 4.98 Å². The summed E-state index contributed by atoms with van der Waals surface area (Å²) < 4.78 is 10.6. The molecule has 3 aromatic rings. The van der Waals surface area contributed by atoms with Crippen molar-refractivity contribution in [2.75, 3.05) is 7.11 Å². The molecule has 0 spiro atoms. The van der Waals surface area contributed by atoms with Crippen LogP contribution in [0.25, 0.3) is 0 Å². The molecular formula is C17H15N3O4. The topological polar surface area (TPSA) is 98.1 Å². The molecule has 2 aromatic heterocycles. The Hall–Kier alpha value is -3.22. The zero-order chi connectivity index (χ0) is 16.9. The Morgan fingerprint density at radius 1 is 1.17 bits per heavy atom. The van der Waals surface area contributed by atoms with Gasteiger partial charge in [-0.3, -0.25) is 14.7 Å². The molecule has 2 heterocycles. The Balaban J connectivity index is 1.76. The number of benzene rings is 1. The molecule has 7 heteroatoms. The van der Waals surface area contributed by atoms with Crippen LogP contribution < -0.4 is 4.74 Å². The average Bonchev–Trinajstić information content (AvgIpc) is 3.27. The summed E-state index contributed by atoms with van der Waals surface area (Å²) in [7, 11) is 1.61. The van der Waals surface area contributed by atoms with Gasteiger partial charge in [-0.05, 0) is 17.2 Å². The van der Waals surface area contributed by atoms with Crippen molar-refractivity contribution >= 4 is 11.6 Å². The van der Waals surface area contributed by atoms with Gasteiger partial charge in [0.05, 0.1) is 19.6 Å². The Morgan fingerprint density at radius 2 is 1.96 bits per heavy atom. The predicted molar refractivity (Wildman–Crippen MR) is 83.9 cm³/mol. The second-order valence-electron chi connectivity index (χ2n) is 5.17. The molecular weight excluding hydrogens is 310 g/mol.